The van der Waals surface area contributed by atoms with Crippen molar-refractivity contribution >= 4 is 10.9 Å². The molecule has 86 valence electrons. The van der Waals surface area contributed by atoms with Crippen LogP contribution >= 0.6 is 0 Å². The van der Waals surface area contributed by atoms with Gasteiger partial charge in [0.25, 0.3) is 0 Å². The highest BCUT2D eigenvalue weighted by Gasteiger charge is 1.98. The first-order chi connectivity index (χ1) is 7.02. The van der Waals surface area contributed by atoms with E-state index >= 15 is 0 Å². The van der Waals surface area contributed by atoms with E-state index in [0.29, 0.717) is 0 Å². The van der Waals surface area contributed by atoms with Crippen LogP contribution in [0.1, 0.15) is 30.5 Å². The third kappa shape index (κ3) is 5.54. The van der Waals surface area contributed by atoms with Gasteiger partial charge in [0.1, 0.15) is 0 Å². The number of thiol groups is 1. The minimum Gasteiger partial charge on any atom is -0.231 e. The van der Waals surface area contributed by atoms with Gasteiger partial charge in [-0.15, -0.1) is 0 Å². The molecular weight excluding hydrogens is 210 g/mol. The van der Waals surface area contributed by atoms with Crippen molar-refractivity contribution < 1.29 is 8.42 Å². The second-order valence-electron chi connectivity index (χ2n) is 3.19. The largest absolute Gasteiger partial charge is 0.231 e. The average molecular weight is 229 g/mol. The molecule has 1 rings (SSSR count). The normalized spacial score (nSPS) is 9.67. The fraction of sp³-hybridized carbons (Fsp3) is 0.455. The van der Waals surface area contributed by atoms with E-state index in [1.165, 1.54) is 16.7 Å². The molecule has 0 bridgehead atoms. The molecule has 4 heteroatoms. The first kappa shape index (κ1) is 14.1. The number of hydrogen-bond donors (Lipinski definition) is 2. The number of nitrogens with two attached hydrogens (primary N) is 1. The van der Waals surface area contributed by atoms with Gasteiger partial charge in [-0.05, 0) is 36.5 Å². The summed E-state index contributed by atoms with van der Waals surface area (Å²) in [5.74, 6) is 0. The summed E-state index contributed by atoms with van der Waals surface area (Å²) in [6.07, 6.45) is 2.30. The summed E-state index contributed by atoms with van der Waals surface area (Å²) in [6.45, 7) is 6.64. The van der Waals surface area contributed by atoms with Crippen LogP contribution in [0, 0.1) is 6.92 Å². The maximum absolute atomic E-state index is 8.81. The van der Waals surface area contributed by atoms with E-state index in [1.54, 1.807) is 0 Å². The Balaban J connectivity index is 0.000000423. The molecule has 0 radical (unpaired) electrons. The SMILES string of the molecule is CCc1cccc(CC)c1C.N[SH](=O)=O. The van der Waals surface area contributed by atoms with E-state index < -0.39 is 10.9 Å². The summed E-state index contributed by atoms with van der Waals surface area (Å²) >= 11 is 0. The lowest BCUT2D eigenvalue weighted by atomic mass is 9.99. The van der Waals surface area contributed by atoms with E-state index in [-0.39, 0.29) is 0 Å². The van der Waals surface area contributed by atoms with Gasteiger partial charge >= 0.3 is 0 Å². The molecule has 0 atom stereocenters. The molecule has 0 aliphatic rings. The van der Waals surface area contributed by atoms with Crippen LogP contribution in [0.2, 0.25) is 0 Å². The van der Waals surface area contributed by atoms with Crippen molar-refractivity contribution in [1.82, 2.24) is 0 Å². The number of benzene rings is 1. The first-order valence-corrected chi connectivity index (χ1v) is 6.24. The molecule has 0 saturated carbocycles. The minimum atomic E-state index is -2.62. The first-order valence-electron chi connectivity index (χ1n) is 4.99. The van der Waals surface area contributed by atoms with Crippen LogP contribution in [0.5, 0.6) is 0 Å². The number of rotatable bonds is 2. The second-order valence-corrected chi connectivity index (χ2v) is 3.76. The van der Waals surface area contributed by atoms with Gasteiger partial charge < -0.3 is 0 Å². The Morgan fingerprint density at radius 3 is 1.73 bits per heavy atom. The summed E-state index contributed by atoms with van der Waals surface area (Å²) in [5.41, 5.74) is 4.46. The molecule has 0 fully saturated rings. The van der Waals surface area contributed by atoms with E-state index in [4.69, 9.17) is 8.42 Å². The Hall–Kier alpha value is -0.870. The van der Waals surface area contributed by atoms with Crippen molar-refractivity contribution in [3.05, 3.63) is 34.9 Å². The molecule has 1 aromatic rings. The second kappa shape index (κ2) is 7.43. The molecule has 0 saturated heterocycles. The zero-order valence-corrected chi connectivity index (χ0v) is 10.4. The van der Waals surface area contributed by atoms with E-state index in [1.807, 2.05) is 0 Å². The maximum atomic E-state index is 8.81. The van der Waals surface area contributed by atoms with Gasteiger partial charge in [0.05, 0.1) is 0 Å². The molecule has 2 N–H and O–H groups in total. The molecule has 0 heterocycles. The predicted octanol–water partition coefficient (Wildman–Crippen LogP) is 1.59. The van der Waals surface area contributed by atoms with Gasteiger partial charge in [-0.3, -0.25) is 0 Å². The number of hydrogen-bond acceptors (Lipinski definition) is 2. The molecule has 0 aliphatic carbocycles. The predicted molar refractivity (Wildman–Crippen MR) is 64.4 cm³/mol. The van der Waals surface area contributed by atoms with Crippen LogP contribution in [0.25, 0.3) is 0 Å². The Kier molecular flexibility index (Phi) is 6.99. The summed E-state index contributed by atoms with van der Waals surface area (Å²) in [7, 11) is -2.62. The summed E-state index contributed by atoms with van der Waals surface area (Å²) < 4.78 is 17.6. The third-order valence-corrected chi connectivity index (χ3v) is 2.32. The smallest absolute Gasteiger partial charge is 0.198 e. The monoisotopic (exact) mass is 229 g/mol. The van der Waals surface area contributed by atoms with Gasteiger partial charge in [-0.2, -0.15) is 0 Å². The van der Waals surface area contributed by atoms with Gasteiger partial charge in [-0.1, -0.05) is 32.0 Å². The fourth-order valence-electron chi connectivity index (χ4n) is 1.50. The van der Waals surface area contributed by atoms with Crippen LogP contribution in [0.15, 0.2) is 18.2 Å². The maximum Gasteiger partial charge on any atom is 0.198 e. The molecule has 3 nitrogen and oxygen atoms in total. The third-order valence-electron chi connectivity index (χ3n) is 2.32. The van der Waals surface area contributed by atoms with Crippen molar-refractivity contribution in [3.8, 4) is 0 Å². The molecule has 0 spiro atoms. The molecule has 0 aliphatic heterocycles. The lowest BCUT2D eigenvalue weighted by molar-refractivity contribution is 0.616. The van der Waals surface area contributed by atoms with Crippen LogP contribution < -0.4 is 5.14 Å². The van der Waals surface area contributed by atoms with E-state index in [0.717, 1.165) is 12.8 Å². The summed E-state index contributed by atoms with van der Waals surface area (Å²) in [4.78, 5) is 0. The fourth-order valence-corrected chi connectivity index (χ4v) is 1.50. The quantitative estimate of drug-likeness (QED) is 0.757. The molecule has 0 amide bonds. The lowest BCUT2D eigenvalue weighted by Gasteiger charge is -2.06. The van der Waals surface area contributed by atoms with Gasteiger partial charge in [-0.25, -0.2) is 13.6 Å². The average Bonchev–Trinajstić information content (AvgIpc) is 2.17. The Labute approximate surface area is 93.4 Å². The van der Waals surface area contributed by atoms with Crippen LogP contribution in [0.4, 0.5) is 0 Å². The molecular formula is C11H19NO2S. The summed E-state index contributed by atoms with van der Waals surface area (Å²) in [6, 6.07) is 6.59. The van der Waals surface area contributed by atoms with Gasteiger partial charge in [0.2, 0.25) is 0 Å². The number of aryl methyl sites for hydroxylation is 2. The van der Waals surface area contributed by atoms with Crippen molar-refractivity contribution in [1.29, 1.82) is 0 Å². The van der Waals surface area contributed by atoms with Crippen molar-refractivity contribution in [3.63, 3.8) is 0 Å². The van der Waals surface area contributed by atoms with Crippen LogP contribution in [-0.4, -0.2) is 8.42 Å². The van der Waals surface area contributed by atoms with Crippen LogP contribution in [0.3, 0.4) is 0 Å². The van der Waals surface area contributed by atoms with Gasteiger partial charge in [0, 0.05) is 0 Å². The lowest BCUT2D eigenvalue weighted by Crippen LogP contribution is -1.91. The van der Waals surface area contributed by atoms with Crippen molar-refractivity contribution in [2.75, 3.05) is 0 Å². The zero-order valence-electron chi connectivity index (χ0n) is 9.49. The topological polar surface area (TPSA) is 60.2 Å². The highest BCUT2D eigenvalue weighted by atomic mass is 32.2. The van der Waals surface area contributed by atoms with Crippen LogP contribution in [-0.2, 0) is 23.7 Å². The van der Waals surface area contributed by atoms with E-state index in [2.05, 4.69) is 44.1 Å². The highest BCUT2D eigenvalue weighted by molar-refractivity contribution is 7.69. The standard InChI is InChI=1S/C11H16.H3NO2S/c1-4-10-7-6-8-11(5-2)9(10)3;1-4(2)3/h6-8H,4-5H2,1-3H3;4H,(H2,1,2,3). The Morgan fingerprint density at radius 1 is 1.13 bits per heavy atom. The summed E-state index contributed by atoms with van der Waals surface area (Å²) in [5, 5.41) is 4.06. The molecule has 0 unspecified atom stereocenters. The molecule has 15 heavy (non-hydrogen) atoms. The minimum absolute atomic E-state index is 1.15. The van der Waals surface area contributed by atoms with Gasteiger partial charge in [0.15, 0.2) is 10.9 Å². The van der Waals surface area contributed by atoms with Crippen molar-refractivity contribution in [2.45, 2.75) is 33.6 Å². The van der Waals surface area contributed by atoms with Crippen molar-refractivity contribution in [2.24, 2.45) is 5.14 Å². The molecule has 0 aromatic heterocycles. The Morgan fingerprint density at radius 2 is 1.47 bits per heavy atom. The zero-order chi connectivity index (χ0) is 11.8. The Bertz CT molecular complexity index is 343. The molecule has 1 aromatic carbocycles. The van der Waals surface area contributed by atoms with E-state index in [9.17, 15) is 0 Å². The highest BCUT2D eigenvalue weighted by Crippen LogP contribution is 2.14.